The van der Waals surface area contributed by atoms with E-state index < -0.39 is 5.97 Å². The summed E-state index contributed by atoms with van der Waals surface area (Å²) < 4.78 is 0. The zero-order chi connectivity index (χ0) is 12.3. The molecule has 17 heavy (non-hydrogen) atoms. The molecule has 2 aliphatic rings. The molecule has 0 aromatic heterocycles. The highest BCUT2D eigenvalue weighted by Gasteiger charge is 2.34. The summed E-state index contributed by atoms with van der Waals surface area (Å²) in [6, 6.07) is 0.750. The van der Waals surface area contributed by atoms with Crippen LogP contribution in [0.2, 0.25) is 0 Å². The first-order chi connectivity index (χ1) is 8.20. The molecule has 1 heterocycles. The molecule has 1 unspecified atom stereocenters. The number of carboxylic acid groups (broad SMARTS) is 1. The van der Waals surface area contributed by atoms with Crippen LogP contribution in [0.15, 0.2) is 0 Å². The number of carbonyl (C=O) groups is 1. The van der Waals surface area contributed by atoms with E-state index in [0.29, 0.717) is 0 Å². The Balaban J connectivity index is 1.83. The van der Waals surface area contributed by atoms with Gasteiger partial charge in [0.15, 0.2) is 0 Å². The van der Waals surface area contributed by atoms with Crippen molar-refractivity contribution >= 4 is 5.97 Å². The summed E-state index contributed by atoms with van der Waals surface area (Å²) in [6.07, 6.45) is 5.14. The van der Waals surface area contributed by atoms with Crippen LogP contribution >= 0.6 is 0 Å². The minimum Gasteiger partial charge on any atom is -0.480 e. The molecule has 1 aliphatic carbocycles. The lowest BCUT2D eigenvalue weighted by Gasteiger charge is -2.30. The Hall–Kier alpha value is -0.610. The van der Waals surface area contributed by atoms with Gasteiger partial charge < -0.3 is 5.11 Å². The monoisotopic (exact) mass is 240 g/mol. The third kappa shape index (κ3) is 3.68. The quantitative estimate of drug-likeness (QED) is 0.786. The van der Waals surface area contributed by atoms with Crippen molar-refractivity contribution in [1.29, 1.82) is 0 Å². The van der Waals surface area contributed by atoms with E-state index in [1.807, 2.05) is 0 Å². The van der Waals surface area contributed by atoms with E-state index in [1.165, 1.54) is 19.3 Å². The van der Waals surface area contributed by atoms with Gasteiger partial charge in [-0.3, -0.25) is 14.6 Å². The predicted octanol–water partition coefficient (Wildman–Crippen LogP) is 1.27. The molecule has 0 spiro atoms. The molecule has 0 aromatic carbocycles. The lowest BCUT2D eigenvalue weighted by atomic mass is 10.1. The third-order valence-electron chi connectivity index (χ3n) is 4.04. The predicted molar refractivity (Wildman–Crippen MR) is 67.1 cm³/mol. The Kier molecular flexibility index (Phi) is 4.40. The minimum atomic E-state index is -0.701. The van der Waals surface area contributed by atoms with E-state index in [1.54, 1.807) is 0 Å². The summed E-state index contributed by atoms with van der Waals surface area (Å²) in [5.74, 6) is 0.221. The van der Waals surface area contributed by atoms with Crippen LogP contribution in [-0.4, -0.2) is 59.6 Å². The summed E-state index contributed by atoms with van der Waals surface area (Å²) in [6.45, 7) is 6.52. The molecule has 1 aliphatic heterocycles. The zero-order valence-electron chi connectivity index (χ0n) is 10.8. The van der Waals surface area contributed by atoms with Crippen LogP contribution in [-0.2, 0) is 4.79 Å². The van der Waals surface area contributed by atoms with Crippen molar-refractivity contribution in [2.75, 3.05) is 32.7 Å². The Morgan fingerprint density at radius 3 is 2.65 bits per heavy atom. The van der Waals surface area contributed by atoms with E-state index in [-0.39, 0.29) is 6.54 Å². The molecule has 0 bridgehead atoms. The number of hydrogen-bond donors (Lipinski definition) is 1. The van der Waals surface area contributed by atoms with Gasteiger partial charge in [-0.25, -0.2) is 0 Å². The molecule has 1 atom stereocenters. The fourth-order valence-electron chi connectivity index (χ4n) is 3.04. The summed E-state index contributed by atoms with van der Waals surface area (Å²) in [5.41, 5.74) is 0. The molecular formula is C13H24N2O2. The van der Waals surface area contributed by atoms with E-state index in [9.17, 15) is 4.79 Å². The second-order valence-corrected chi connectivity index (χ2v) is 5.37. The molecule has 4 heteroatoms. The van der Waals surface area contributed by atoms with Crippen LogP contribution in [0.25, 0.3) is 0 Å². The second-order valence-electron chi connectivity index (χ2n) is 5.37. The highest BCUT2D eigenvalue weighted by molar-refractivity contribution is 5.69. The van der Waals surface area contributed by atoms with Crippen molar-refractivity contribution in [1.82, 2.24) is 9.80 Å². The largest absolute Gasteiger partial charge is 0.480 e. The molecule has 0 amide bonds. The molecule has 1 saturated carbocycles. The van der Waals surface area contributed by atoms with Crippen LogP contribution in [0.4, 0.5) is 0 Å². The molecule has 0 aromatic rings. The Morgan fingerprint density at radius 2 is 2.06 bits per heavy atom. The zero-order valence-corrected chi connectivity index (χ0v) is 10.8. The van der Waals surface area contributed by atoms with Gasteiger partial charge in [0.05, 0.1) is 6.54 Å². The summed E-state index contributed by atoms with van der Waals surface area (Å²) >= 11 is 0. The first-order valence-corrected chi connectivity index (χ1v) is 6.89. The molecule has 4 nitrogen and oxygen atoms in total. The molecule has 2 rings (SSSR count). The van der Waals surface area contributed by atoms with E-state index in [4.69, 9.17) is 5.11 Å². The van der Waals surface area contributed by atoms with Gasteiger partial charge in [0.25, 0.3) is 0 Å². The molecule has 1 saturated heterocycles. The average Bonchev–Trinajstić information content (AvgIpc) is 3.08. The van der Waals surface area contributed by atoms with Crippen molar-refractivity contribution < 1.29 is 9.90 Å². The van der Waals surface area contributed by atoms with Gasteiger partial charge >= 0.3 is 5.97 Å². The van der Waals surface area contributed by atoms with Crippen molar-refractivity contribution in [3.8, 4) is 0 Å². The van der Waals surface area contributed by atoms with E-state index in [2.05, 4.69) is 16.7 Å². The maximum absolute atomic E-state index is 10.7. The molecule has 1 N–H and O–H groups in total. The highest BCUT2D eigenvalue weighted by Crippen LogP contribution is 2.37. The summed E-state index contributed by atoms with van der Waals surface area (Å²) in [7, 11) is 0. The topological polar surface area (TPSA) is 43.8 Å². The SMILES string of the molecule is CCC(C1CC1)N1CCCN(CC(=O)O)CC1. The molecular weight excluding hydrogens is 216 g/mol. The van der Waals surface area contributed by atoms with Gasteiger partial charge in [0, 0.05) is 25.7 Å². The summed E-state index contributed by atoms with van der Waals surface area (Å²) in [5, 5.41) is 8.82. The maximum atomic E-state index is 10.7. The third-order valence-corrected chi connectivity index (χ3v) is 4.04. The van der Waals surface area contributed by atoms with Gasteiger partial charge in [-0.2, -0.15) is 0 Å². The van der Waals surface area contributed by atoms with Crippen LogP contribution < -0.4 is 0 Å². The van der Waals surface area contributed by atoms with Gasteiger partial charge in [0.1, 0.15) is 0 Å². The summed E-state index contributed by atoms with van der Waals surface area (Å²) in [4.78, 5) is 15.4. The van der Waals surface area contributed by atoms with Crippen molar-refractivity contribution in [2.45, 2.75) is 38.6 Å². The van der Waals surface area contributed by atoms with Gasteiger partial charge in [-0.05, 0) is 38.1 Å². The Labute approximate surface area is 104 Å². The second kappa shape index (κ2) is 5.83. The minimum absolute atomic E-state index is 0.202. The van der Waals surface area contributed by atoms with Gasteiger partial charge in [-0.1, -0.05) is 6.92 Å². The number of rotatable bonds is 5. The van der Waals surface area contributed by atoms with Crippen LogP contribution in [0.1, 0.15) is 32.6 Å². The normalized spacial score (nSPS) is 25.5. The number of aliphatic carboxylic acids is 1. The Morgan fingerprint density at radius 1 is 1.29 bits per heavy atom. The van der Waals surface area contributed by atoms with Crippen LogP contribution in [0.3, 0.4) is 0 Å². The number of carboxylic acids is 1. The number of hydrogen-bond acceptors (Lipinski definition) is 3. The first kappa shape index (κ1) is 12.8. The Bertz CT molecular complexity index is 266. The maximum Gasteiger partial charge on any atom is 0.317 e. The van der Waals surface area contributed by atoms with E-state index >= 15 is 0 Å². The smallest absolute Gasteiger partial charge is 0.317 e. The van der Waals surface area contributed by atoms with Gasteiger partial charge in [0.2, 0.25) is 0 Å². The van der Waals surface area contributed by atoms with Crippen LogP contribution in [0, 0.1) is 5.92 Å². The van der Waals surface area contributed by atoms with Crippen molar-refractivity contribution in [2.24, 2.45) is 5.92 Å². The van der Waals surface area contributed by atoms with Gasteiger partial charge in [-0.15, -0.1) is 0 Å². The highest BCUT2D eigenvalue weighted by atomic mass is 16.4. The van der Waals surface area contributed by atoms with Crippen LogP contribution in [0.5, 0.6) is 0 Å². The molecule has 2 fully saturated rings. The first-order valence-electron chi connectivity index (χ1n) is 6.89. The molecule has 98 valence electrons. The number of nitrogens with zero attached hydrogens (tertiary/aromatic N) is 2. The fraction of sp³-hybridized carbons (Fsp3) is 0.923. The van der Waals surface area contributed by atoms with Crippen molar-refractivity contribution in [3.05, 3.63) is 0 Å². The van der Waals surface area contributed by atoms with Crippen molar-refractivity contribution in [3.63, 3.8) is 0 Å². The lowest BCUT2D eigenvalue weighted by Crippen LogP contribution is -2.40. The lowest BCUT2D eigenvalue weighted by molar-refractivity contribution is -0.138. The fourth-order valence-corrected chi connectivity index (χ4v) is 3.04. The average molecular weight is 240 g/mol. The van der Waals surface area contributed by atoms with E-state index in [0.717, 1.165) is 44.6 Å². The standard InChI is InChI=1S/C13H24N2O2/c1-2-12(11-4-5-11)15-7-3-6-14(8-9-15)10-13(16)17/h11-12H,2-10H2,1H3,(H,16,17). The molecule has 0 radical (unpaired) electrons.